The number of thiocarbonyl (C=S) groups is 1. The molecule has 2 amide bonds. The fourth-order valence-electron chi connectivity index (χ4n) is 4.05. The van der Waals surface area contributed by atoms with Crippen LogP contribution in [0.2, 0.25) is 10.0 Å². The van der Waals surface area contributed by atoms with Crippen LogP contribution in [0.4, 0.5) is 11.4 Å². The molecule has 1 fully saturated rings. The monoisotopic (exact) mass is 619 g/mol. The summed E-state index contributed by atoms with van der Waals surface area (Å²) in [5.74, 6) is -0.174. The van der Waals surface area contributed by atoms with Crippen LogP contribution in [0.3, 0.4) is 0 Å². The van der Waals surface area contributed by atoms with Crippen LogP contribution in [0.15, 0.2) is 96.6 Å². The van der Waals surface area contributed by atoms with E-state index in [1.54, 1.807) is 54.6 Å². The van der Waals surface area contributed by atoms with Crippen LogP contribution in [0, 0.1) is 10.1 Å². The highest BCUT2D eigenvalue weighted by molar-refractivity contribution is 7.80. The van der Waals surface area contributed by atoms with Crippen LogP contribution in [0.1, 0.15) is 11.1 Å². The number of nitro groups is 1. The van der Waals surface area contributed by atoms with Crippen LogP contribution in [0.25, 0.3) is 6.08 Å². The normalized spacial score (nSPS) is 14.1. The maximum absolute atomic E-state index is 13.6. The number of rotatable bonds is 8. The van der Waals surface area contributed by atoms with Gasteiger partial charge in [-0.3, -0.25) is 29.9 Å². The number of anilines is 1. The van der Waals surface area contributed by atoms with Crippen molar-refractivity contribution < 1.29 is 24.0 Å². The summed E-state index contributed by atoms with van der Waals surface area (Å²) in [5.41, 5.74) is 0.412. The van der Waals surface area contributed by atoms with Gasteiger partial charge in [0, 0.05) is 33.3 Å². The summed E-state index contributed by atoms with van der Waals surface area (Å²) in [4.78, 5) is 38.6. The van der Waals surface area contributed by atoms with Crippen LogP contribution in [0.5, 0.6) is 17.2 Å². The Hall–Kier alpha value is -4.77. The third-order valence-electron chi connectivity index (χ3n) is 6.11. The Morgan fingerprint density at radius 3 is 2.24 bits per heavy atom. The van der Waals surface area contributed by atoms with Crippen molar-refractivity contribution in [3.8, 4) is 17.2 Å². The van der Waals surface area contributed by atoms with E-state index in [1.807, 2.05) is 18.2 Å². The van der Waals surface area contributed by atoms with Crippen molar-refractivity contribution in [1.82, 2.24) is 5.32 Å². The summed E-state index contributed by atoms with van der Waals surface area (Å²) < 4.78 is 11.7. The molecule has 0 spiro atoms. The molecule has 12 heteroatoms. The summed E-state index contributed by atoms with van der Waals surface area (Å²) >= 11 is 17.8. The molecule has 0 saturated carbocycles. The number of carbonyl (C=O) groups excluding carboxylic acids is 2. The fraction of sp³-hybridized carbons (Fsp3) is 0.0333. The molecule has 1 aliphatic rings. The minimum Gasteiger partial charge on any atom is -0.488 e. The first-order chi connectivity index (χ1) is 20.2. The zero-order chi connectivity index (χ0) is 29.8. The molecule has 9 nitrogen and oxygen atoms in total. The van der Waals surface area contributed by atoms with Crippen molar-refractivity contribution in [2.24, 2.45) is 0 Å². The van der Waals surface area contributed by atoms with Crippen LogP contribution < -0.4 is 19.7 Å². The lowest BCUT2D eigenvalue weighted by Gasteiger charge is -2.29. The van der Waals surface area contributed by atoms with Gasteiger partial charge in [0.1, 0.15) is 29.4 Å². The topological polar surface area (TPSA) is 111 Å². The largest absolute Gasteiger partial charge is 0.488 e. The van der Waals surface area contributed by atoms with E-state index in [2.05, 4.69) is 5.32 Å². The number of hydrogen-bond acceptors (Lipinski definition) is 7. The standard InChI is InChI=1S/C30H19Cl2N3O6S/c31-25-7-4-8-26(32)24(25)17-40-27-14-11-20(35(38)39)15-18(27)16-23-28(36)33-30(42)34(29(23)37)19-9-12-22(13-10-19)41-21-5-2-1-3-6-21/h1-16H,17H2,(H,33,36,42)/b23-16+. The predicted octanol–water partition coefficient (Wildman–Crippen LogP) is 7.10. The number of nitro benzene ring substituents is 1. The van der Waals surface area contributed by atoms with E-state index in [1.165, 1.54) is 24.3 Å². The smallest absolute Gasteiger partial charge is 0.270 e. The number of benzene rings is 4. The Morgan fingerprint density at radius 1 is 0.905 bits per heavy atom. The van der Waals surface area contributed by atoms with E-state index in [0.29, 0.717) is 32.8 Å². The molecule has 1 heterocycles. The molecule has 0 aliphatic carbocycles. The van der Waals surface area contributed by atoms with Crippen LogP contribution >= 0.6 is 35.4 Å². The molecule has 4 aromatic rings. The molecule has 0 bridgehead atoms. The SMILES string of the molecule is O=C1NC(=S)N(c2ccc(Oc3ccccc3)cc2)C(=O)/C1=C/c1cc([N+](=O)[O-])ccc1OCc1c(Cl)cccc1Cl. The van der Waals surface area contributed by atoms with E-state index >= 15 is 0 Å². The molecule has 0 radical (unpaired) electrons. The number of ether oxygens (including phenoxy) is 2. The Balaban J connectivity index is 1.45. The molecular weight excluding hydrogens is 601 g/mol. The molecule has 1 aliphatic heterocycles. The molecule has 1 saturated heterocycles. The number of non-ortho nitro benzene ring substituents is 1. The molecule has 4 aromatic carbocycles. The lowest BCUT2D eigenvalue weighted by Crippen LogP contribution is -2.54. The number of halogens is 2. The second-order valence-electron chi connectivity index (χ2n) is 8.83. The maximum Gasteiger partial charge on any atom is 0.270 e. The first-order valence-corrected chi connectivity index (χ1v) is 13.5. The van der Waals surface area contributed by atoms with Crippen LogP contribution in [-0.2, 0) is 16.2 Å². The number of nitrogens with one attached hydrogen (secondary N) is 1. The fourth-order valence-corrected chi connectivity index (χ4v) is 4.84. The van der Waals surface area contributed by atoms with Crippen molar-refractivity contribution >= 4 is 69.8 Å². The minimum absolute atomic E-state index is 0.0692. The highest BCUT2D eigenvalue weighted by Crippen LogP contribution is 2.32. The molecule has 42 heavy (non-hydrogen) atoms. The van der Waals surface area contributed by atoms with E-state index in [0.717, 1.165) is 4.90 Å². The lowest BCUT2D eigenvalue weighted by molar-refractivity contribution is -0.384. The first-order valence-electron chi connectivity index (χ1n) is 12.3. The van der Waals surface area contributed by atoms with Crippen LogP contribution in [-0.4, -0.2) is 21.9 Å². The Kier molecular flexibility index (Phi) is 8.48. The number of nitrogens with zero attached hydrogens (tertiary/aromatic N) is 2. The molecule has 210 valence electrons. The summed E-state index contributed by atoms with van der Waals surface area (Å²) in [6.07, 6.45) is 1.22. The van der Waals surface area contributed by atoms with Crippen molar-refractivity contribution in [3.63, 3.8) is 0 Å². The van der Waals surface area contributed by atoms with Gasteiger partial charge in [0.25, 0.3) is 17.5 Å². The molecule has 0 atom stereocenters. The maximum atomic E-state index is 13.6. The average Bonchev–Trinajstić information content (AvgIpc) is 2.96. The van der Waals surface area contributed by atoms with Gasteiger partial charge in [-0.2, -0.15) is 0 Å². The summed E-state index contributed by atoms with van der Waals surface area (Å²) in [6.45, 7) is -0.0692. The van der Waals surface area contributed by atoms with Gasteiger partial charge in [0.2, 0.25) is 0 Å². The van der Waals surface area contributed by atoms with Gasteiger partial charge >= 0.3 is 0 Å². The van der Waals surface area contributed by atoms with Gasteiger partial charge in [-0.1, -0.05) is 47.5 Å². The van der Waals surface area contributed by atoms with E-state index in [-0.39, 0.29) is 34.3 Å². The third kappa shape index (κ3) is 6.26. The van der Waals surface area contributed by atoms with Gasteiger partial charge in [-0.25, -0.2) is 0 Å². The minimum atomic E-state index is -0.767. The highest BCUT2D eigenvalue weighted by atomic mass is 35.5. The molecule has 1 N–H and O–H groups in total. The molecule has 0 unspecified atom stereocenters. The number of carbonyl (C=O) groups is 2. The Morgan fingerprint density at radius 2 is 1.57 bits per heavy atom. The zero-order valence-corrected chi connectivity index (χ0v) is 23.8. The average molecular weight is 620 g/mol. The second kappa shape index (κ2) is 12.4. The van der Waals surface area contributed by atoms with Crippen molar-refractivity contribution in [2.75, 3.05) is 4.90 Å². The summed E-state index contributed by atoms with van der Waals surface area (Å²) in [5, 5.41) is 14.6. The Bertz CT molecular complexity index is 1730. The van der Waals surface area contributed by atoms with E-state index in [9.17, 15) is 19.7 Å². The molecule has 5 rings (SSSR count). The Labute approximate surface area is 255 Å². The highest BCUT2D eigenvalue weighted by Gasteiger charge is 2.35. The van der Waals surface area contributed by atoms with Gasteiger partial charge in [0.05, 0.1) is 10.6 Å². The number of hydrogen-bond donors (Lipinski definition) is 1. The van der Waals surface area contributed by atoms with Crippen molar-refractivity contribution in [1.29, 1.82) is 0 Å². The second-order valence-corrected chi connectivity index (χ2v) is 10.0. The van der Waals surface area contributed by atoms with Gasteiger partial charge in [-0.15, -0.1) is 0 Å². The van der Waals surface area contributed by atoms with Gasteiger partial charge in [0.15, 0.2) is 5.11 Å². The van der Waals surface area contributed by atoms with E-state index < -0.39 is 16.7 Å². The number of para-hydroxylation sites is 1. The summed E-state index contributed by atoms with van der Waals surface area (Å²) in [7, 11) is 0. The third-order valence-corrected chi connectivity index (χ3v) is 7.11. The first kappa shape index (κ1) is 28.7. The molecular formula is C30H19Cl2N3O6S. The zero-order valence-electron chi connectivity index (χ0n) is 21.5. The lowest BCUT2D eigenvalue weighted by atomic mass is 10.1. The quantitative estimate of drug-likeness (QED) is 0.0735. The molecule has 0 aromatic heterocycles. The summed E-state index contributed by atoms with van der Waals surface area (Å²) in [6, 6.07) is 24.5. The predicted molar refractivity (Wildman–Crippen MR) is 163 cm³/mol. The van der Waals surface area contributed by atoms with Crippen molar-refractivity contribution in [3.05, 3.63) is 128 Å². The van der Waals surface area contributed by atoms with Gasteiger partial charge in [-0.05, 0) is 72.9 Å². The number of amides is 2. The van der Waals surface area contributed by atoms with Crippen molar-refractivity contribution in [2.45, 2.75) is 6.61 Å². The van der Waals surface area contributed by atoms with E-state index in [4.69, 9.17) is 44.9 Å². The van der Waals surface area contributed by atoms with Gasteiger partial charge < -0.3 is 9.47 Å².